The van der Waals surface area contributed by atoms with E-state index >= 15 is 0 Å². The Labute approximate surface area is 222 Å². The van der Waals surface area contributed by atoms with E-state index in [1.807, 2.05) is 0 Å². The van der Waals surface area contributed by atoms with Crippen LogP contribution in [-0.4, -0.2) is 47.4 Å². The molecule has 0 radical (unpaired) electrons. The third-order valence-electron chi connectivity index (χ3n) is 7.62. The van der Waals surface area contributed by atoms with Crippen molar-refractivity contribution in [2.75, 3.05) is 24.7 Å². The van der Waals surface area contributed by atoms with Gasteiger partial charge in [-0.2, -0.15) is 23.5 Å². The normalized spacial score (nSPS) is 24.2. The zero-order valence-electron chi connectivity index (χ0n) is 22.9. The van der Waals surface area contributed by atoms with Crippen LogP contribution in [0.15, 0.2) is 0 Å². The van der Waals surface area contributed by atoms with Crippen molar-refractivity contribution in [1.29, 1.82) is 0 Å². The Hall–Kier alpha value is 0.620. The first-order valence-electron chi connectivity index (χ1n) is 15.3. The van der Waals surface area contributed by atoms with E-state index in [4.69, 9.17) is 9.47 Å². The molecule has 0 unspecified atom stereocenters. The number of hydrogen-bond donors (Lipinski definition) is 0. The number of fused-ring (bicyclic) bond motifs is 1. The van der Waals surface area contributed by atoms with Crippen LogP contribution in [-0.2, 0) is 9.47 Å². The maximum Gasteiger partial charge on any atom is 0.0989 e. The number of unbranched alkanes of at least 4 members (excludes halogenated alkanes) is 18. The molecule has 0 N–H and O–H groups in total. The topological polar surface area (TPSA) is 18.5 Å². The van der Waals surface area contributed by atoms with Crippen molar-refractivity contribution in [2.45, 2.75) is 165 Å². The molecule has 202 valence electrons. The standard InChI is InChI=1S/C30H58O2S2/c1-3-5-7-9-11-13-15-17-19-21-23-33-27-25-31-30-28(26-32-29(27)30)34-24-22-20-18-16-14-12-10-8-6-4-2/h27-30H,3-26H2,1-2H3/t27-,28-,29-,30+/m0/s1. The molecule has 4 heteroatoms. The molecule has 2 saturated heterocycles. The summed E-state index contributed by atoms with van der Waals surface area (Å²) in [5.74, 6) is 2.57. The van der Waals surface area contributed by atoms with Gasteiger partial charge in [0.1, 0.15) is 0 Å². The zero-order valence-corrected chi connectivity index (χ0v) is 24.5. The fraction of sp³-hybridized carbons (Fsp3) is 1.00. The van der Waals surface area contributed by atoms with E-state index in [-0.39, 0.29) is 0 Å². The summed E-state index contributed by atoms with van der Waals surface area (Å²) in [5, 5.41) is 1.15. The molecule has 0 aromatic heterocycles. The predicted molar refractivity (Wildman–Crippen MR) is 156 cm³/mol. The number of thioether (sulfide) groups is 2. The van der Waals surface area contributed by atoms with Crippen LogP contribution in [0.4, 0.5) is 0 Å². The molecular formula is C30H58O2S2. The molecule has 2 nitrogen and oxygen atoms in total. The van der Waals surface area contributed by atoms with E-state index in [0.717, 1.165) is 13.2 Å². The minimum atomic E-state index is 0.360. The van der Waals surface area contributed by atoms with Crippen molar-refractivity contribution < 1.29 is 9.47 Å². The molecule has 0 aromatic carbocycles. The number of ether oxygens (including phenoxy) is 2. The molecule has 0 aromatic rings. The molecule has 2 aliphatic heterocycles. The highest BCUT2D eigenvalue weighted by Gasteiger charge is 2.47. The van der Waals surface area contributed by atoms with Gasteiger partial charge in [0, 0.05) is 0 Å². The van der Waals surface area contributed by atoms with Crippen LogP contribution in [0, 0.1) is 0 Å². The summed E-state index contributed by atoms with van der Waals surface area (Å²) in [4.78, 5) is 0. The second-order valence-corrected chi connectivity index (χ2v) is 13.5. The number of hydrogen-bond acceptors (Lipinski definition) is 4. The maximum atomic E-state index is 6.24. The predicted octanol–water partition coefficient (Wildman–Crippen LogP) is 9.83. The Balaban J connectivity index is 1.38. The molecule has 0 bridgehead atoms. The van der Waals surface area contributed by atoms with Gasteiger partial charge in [-0.05, 0) is 24.3 Å². The second kappa shape index (κ2) is 21.7. The smallest absolute Gasteiger partial charge is 0.0989 e. The molecule has 4 atom stereocenters. The van der Waals surface area contributed by atoms with Crippen LogP contribution in [0.5, 0.6) is 0 Å². The minimum Gasteiger partial charge on any atom is -0.373 e. The fourth-order valence-corrected chi connectivity index (χ4v) is 7.91. The van der Waals surface area contributed by atoms with Gasteiger partial charge in [-0.15, -0.1) is 0 Å². The Morgan fingerprint density at radius 2 is 0.735 bits per heavy atom. The van der Waals surface area contributed by atoms with Gasteiger partial charge in [-0.1, -0.05) is 129 Å². The molecule has 0 aliphatic carbocycles. The van der Waals surface area contributed by atoms with E-state index in [0.29, 0.717) is 22.7 Å². The molecule has 34 heavy (non-hydrogen) atoms. The molecule has 2 rings (SSSR count). The van der Waals surface area contributed by atoms with Crippen LogP contribution in [0.3, 0.4) is 0 Å². The van der Waals surface area contributed by atoms with Gasteiger partial charge in [0.15, 0.2) is 0 Å². The van der Waals surface area contributed by atoms with Crippen molar-refractivity contribution in [3.05, 3.63) is 0 Å². The van der Waals surface area contributed by atoms with E-state index in [9.17, 15) is 0 Å². The molecule has 0 amide bonds. The average Bonchev–Trinajstić information content (AvgIpc) is 3.44. The van der Waals surface area contributed by atoms with Gasteiger partial charge in [-0.25, -0.2) is 0 Å². The second-order valence-electron chi connectivity index (χ2n) is 10.8. The molecular weight excluding hydrogens is 456 g/mol. The summed E-state index contributed by atoms with van der Waals surface area (Å²) < 4.78 is 12.5. The minimum absolute atomic E-state index is 0.360. The van der Waals surface area contributed by atoms with Crippen molar-refractivity contribution >= 4 is 23.5 Å². The fourth-order valence-electron chi connectivity index (χ4n) is 5.36. The van der Waals surface area contributed by atoms with E-state index < -0.39 is 0 Å². The van der Waals surface area contributed by atoms with Gasteiger partial charge in [-0.3, -0.25) is 0 Å². The first kappa shape index (κ1) is 30.8. The van der Waals surface area contributed by atoms with Crippen LogP contribution < -0.4 is 0 Å². The third kappa shape index (κ3) is 13.8. The lowest BCUT2D eigenvalue weighted by Gasteiger charge is -2.16. The van der Waals surface area contributed by atoms with Gasteiger partial charge in [0.05, 0.1) is 35.9 Å². The molecule has 0 spiro atoms. The first-order chi connectivity index (χ1) is 16.9. The summed E-state index contributed by atoms with van der Waals surface area (Å²) in [5.41, 5.74) is 0. The lowest BCUT2D eigenvalue weighted by molar-refractivity contribution is 0.0745. The highest BCUT2D eigenvalue weighted by molar-refractivity contribution is 8.00. The van der Waals surface area contributed by atoms with Gasteiger partial charge < -0.3 is 9.47 Å². The Bertz CT molecular complexity index is 408. The van der Waals surface area contributed by atoms with E-state index in [1.165, 1.54) is 140 Å². The summed E-state index contributed by atoms with van der Waals surface area (Å²) in [7, 11) is 0. The maximum absolute atomic E-state index is 6.24. The van der Waals surface area contributed by atoms with Gasteiger partial charge in [0.25, 0.3) is 0 Å². The van der Waals surface area contributed by atoms with Crippen molar-refractivity contribution in [1.82, 2.24) is 0 Å². The summed E-state index contributed by atoms with van der Waals surface area (Å²) >= 11 is 4.25. The van der Waals surface area contributed by atoms with Crippen molar-refractivity contribution in [3.8, 4) is 0 Å². The van der Waals surface area contributed by atoms with Crippen LogP contribution in [0.2, 0.25) is 0 Å². The van der Waals surface area contributed by atoms with Crippen molar-refractivity contribution in [2.24, 2.45) is 0 Å². The van der Waals surface area contributed by atoms with Gasteiger partial charge in [0.2, 0.25) is 0 Å². The summed E-state index contributed by atoms with van der Waals surface area (Å²) in [6.45, 7) is 6.41. The lowest BCUT2D eigenvalue weighted by atomic mass is 10.1. The summed E-state index contributed by atoms with van der Waals surface area (Å²) in [6.07, 6.45) is 29.1. The quantitative estimate of drug-likeness (QED) is 0.119. The third-order valence-corrected chi connectivity index (χ3v) is 10.3. The van der Waals surface area contributed by atoms with E-state index in [1.54, 1.807) is 0 Å². The van der Waals surface area contributed by atoms with Crippen molar-refractivity contribution in [3.63, 3.8) is 0 Å². The molecule has 2 heterocycles. The van der Waals surface area contributed by atoms with Crippen LogP contribution >= 0.6 is 23.5 Å². The SMILES string of the molecule is CCCCCCCCCCCCS[C@H]1CO[C@H]2[C@H]1OC[C@@H]2SCCCCCCCCCCCC. The highest BCUT2D eigenvalue weighted by Crippen LogP contribution is 2.39. The lowest BCUT2D eigenvalue weighted by Crippen LogP contribution is -2.29. The largest absolute Gasteiger partial charge is 0.373 e. The first-order valence-corrected chi connectivity index (χ1v) is 17.4. The Morgan fingerprint density at radius 3 is 1.06 bits per heavy atom. The number of rotatable bonds is 24. The summed E-state index contributed by atoms with van der Waals surface area (Å²) in [6, 6.07) is 0. The molecule has 0 saturated carbocycles. The Morgan fingerprint density at radius 1 is 0.441 bits per heavy atom. The highest BCUT2D eigenvalue weighted by atomic mass is 32.2. The monoisotopic (exact) mass is 514 g/mol. The zero-order chi connectivity index (χ0) is 24.1. The average molecular weight is 515 g/mol. The van der Waals surface area contributed by atoms with Crippen LogP contribution in [0.1, 0.15) is 142 Å². The molecule has 2 fully saturated rings. The van der Waals surface area contributed by atoms with Gasteiger partial charge >= 0.3 is 0 Å². The molecule has 2 aliphatic rings. The van der Waals surface area contributed by atoms with Crippen LogP contribution in [0.25, 0.3) is 0 Å². The van der Waals surface area contributed by atoms with E-state index in [2.05, 4.69) is 37.4 Å². The Kier molecular flexibility index (Phi) is 19.7.